The molecule has 5 atom stereocenters. The van der Waals surface area contributed by atoms with E-state index in [0.717, 1.165) is 34.3 Å². The second kappa shape index (κ2) is 16.9. The molecule has 0 saturated carbocycles. The van der Waals surface area contributed by atoms with Gasteiger partial charge in [-0.15, -0.1) is 8.58 Å². The molecular formula is C24H53O4P. The van der Waals surface area contributed by atoms with Crippen LogP contribution in [0.1, 0.15) is 107 Å². The van der Waals surface area contributed by atoms with Gasteiger partial charge in [-0.2, -0.15) is 0 Å². The summed E-state index contributed by atoms with van der Waals surface area (Å²) in [6.45, 7) is 17.9. The molecule has 0 amide bonds. The van der Waals surface area contributed by atoms with Crippen LogP contribution in [0.5, 0.6) is 0 Å². The molecular weight excluding hydrogens is 383 g/mol. The van der Waals surface area contributed by atoms with Gasteiger partial charge in [0.2, 0.25) is 0 Å². The van der Waals surface area contributed by atoms with Crippen LogP contribution in [-0.4, -0.2) is 52.7 Å². The van der Waals surface area contributed by atoms with Gasteiger partial charge in [0.15, 0.2) is 5.79 Å². The fraction of sp³-hybridized carbons (Fsp3) is 1.00. The molecule has 178 valence electrons. The minimum atomic E-state index is -0.501. The third-order valence-electron chi connectivity index (χ3n) is 4.92. The molecule has 0 aromatic carbocycles. The monoisotopic (exact) mass is 436 g/mol. The quantitative estimate of drug-likeness (QED) is 0.309. The zero-order valence-electron chi connectivity index (χ0n) is 21.2. The van der Waals surface area contributed by atoms with E-state index in [1.54, 1.807) is 27.9 Å². The van der Waals surface area contributed by atoms with Crippen molar-refractivity contribution in [1.29, 1.82) is 0 Å². The fourth-order valence-electron chi connectivity index (χ4n) is 3.16. The van der Waals surface area contributed by atoms with Crippen LogP contribution in [0.15, 0.2) is 0 Å². The van der Waals surface area contributed by atoms with Crippen LogP contribution in [0.3, 0.4) is 0 Å². The van der Waals surface area contributed by atoms with Gasteiger partial charge in [0.05, 0.1) is 17.8 Å². The van der Waals surface area contributed by atoms with Crippen molar-refractivity contribution >= 4 is 8.58 Å². The molecule has 1 heterocycles. The summed E-state index contributed by atoms with van der Waals surface area (Å²) in [5.41, 5.74) is 0.0978. The molecule has 5 heteroatoms. The number of hydrogen-bond donors (Lipinski definition) is 2. The summed E-state index contributed by atoms with van der Waals surface area (Å²) in [5.74, 6) is 0.0767. The van der Waals surface area contributed by atoms with E-state index < -0.39 is 11.4 Å². The number of hydrogen-bond acceptors (Lipinski definition) is 4. The number of aliphatic hydroxyl groups excluding tert-OH is 1. The molecule has 1 rings (SSSR count). The minimum absolute atomic E-state index is 0.161. The van der Waals surface area contributed by atoms with Gasteiger partial charge < -0.3 is 19.7 Å². The van der Waals surface area contributed by atoms with Crippen LogP contribution in [0, 0.1) is 5.92 Å². The Morgan fingerprint density at radius 3 is 1.86 bits per heavy atom. The molecule has 29 heavy (non-hydrogen) atoms. The molecule has 0 radical (unpaired) electrons. The first kappa shape index (κ1) is 31.5. The smallest absolute Gasteiger partial charge is 0.162 e. The van der Waals surface area contributed by atoms with Gasteiger partial charge in [0, 0.05) is 12.8 Å². The van der Waals surface area contributed by atoms with E-state index in [0.29, 0.717) is 17.7 Å². The second-order valence-corrected chi connectivity index (χ2v) is 11.1. The molecule has 2 N–H and O–H groups in total. The zero-order valence-corrected chi connectivity index (χ0v) is 22.2. The van der Waals surface area contributed by atoms with Gasteiger partial charge in [-0.05, 0) is 66.0 Å². The predicted molar refractivity (Wildman–Crippen MR) is 129 cm³/mol. The van der Waals surface area contributed by atoms with E-state index in [1.165, 1.54) is 25.4 Å². The average molecular weight is 437 g/mol. The van der Waals surface area contributed by atoms with Gasteiger partial charge in [-0.25, -0.2) is 0 Å². The standard InChI is InChI=1S/C15H31O3P.C5H12.C4H10O/c1-6-11(10-12(16)7-2)14-13(8-9-19-14)18-15(3,4)17-5;1-3-5-4-2;1-4(2,3)5/h11-14,16,19H,6-10H2,1-5H3;3-5H2,1-2H3;5H,1-3H3/t11?,12-,13?,14?;;/m1../s1. The number of aliphatic hydroxyl groups is 2. The van der Waals surface area contributed by atoms with Crippen LogP contribution in [0.4, 0.5) is 0 Å². The van der Waals surface area contributed by atoms with Crippen LogP contribution in [0.25, 0.3) is 0 Å². The maximum absolute atomic E-state index is 9.92. The Hall–Kier alpha value is 0.270. The summed E-state index contributed by atoms with van der Waals surface area (Å²) < 4.78 is 11.6. The third-order valence-corrected chi connectivity index (χ3v) is 6.81. The van der Waals surface area contributed by atoms with E-state index >= 15 is 0 Å². The van der Waals surface area contributed by atoms with Crippen molar-refractivity contribution in [1.82, 2.24) is 0 Å². The fourth-order valence-corrected chi connectivity index (χ4v) is 5.14. The van der Waals surface area contributed by atoms with Gasteiger partial charge in [0.1, 0.15) is 0 Å². The molecule has 0 aromatic rings. The zero-order chi connectivity index (χ0) is 23.1. The lowest BCUT2D eigenvalue weighted by atomic mass is 9.90. The van der Waals surface area contributed by atoms with E-state index in [4.69, 9.17) is 14.6 Å². The molecule has 0 aromatic heterocycles. The number of methoxy groups -OCH3 is 1. The minimum Gasteiger partial charge on any atom is -0.393 e. The Kier molecular flexibility index (Phi) is 18.3. The number of ether oxygens (including phenoxy) is 2. The van der Waals surface area contributed by atoms with E-state index in [2.05, 4.69) is 27.7 Å². The molecule has 1 fully saturated rings. The summed E-state index contributed by atoms with van der Waals surface area (Å²) in [6, 6.07) is 0. The van der Waals surface area contributed by atoms with Gasteiger partial charge in [-0.3, -0.25) is 0 Å². The molecule has 0 spiro atoms. The highest BCUT2D eigenvalue weighted by atomic mass is 31.1. The summed E-state index contributed by atoms with van der Waals surface area (Å²) in [4.78, 5) is 0. The summed E-state index contributed by atoms with van der Waals surface area (Å²) in [7, 11) is 2.66. The maximum Gasteiger partial charge on any atom is 0.162 e. The van der Waals surface area contributed by atoms with Crippen LogP contribution in [-0.2, 0) is 9.47 Å². The first-order chi connectivity index (χ1) is 13.3. The van der Waals surface area contributed by atoms with E-state index in [-0.39, 0.29) is 6.10 Å². The highest BCUT2D eigenvalue weighted by Crippen LogP contribution is 2.43. The topological polar surface area (TPSA) is 58.9 Å². The normalized spacial score (nSPS) is 22.3. The SMILES string of the molecule is CC(C)(C)O.CCC(C[C@H](O)CC)C1PCCC1OC(C)(C)OC.CCCCC. The molecule has 1 aliphatic rings. The summed E-state index contributed by atoms with van der Waals surface area (Å²) >= 11 is 0. The van der Waals surface area contributed by atoms with Crippen LogP contribution in [0.2, 0.25) is 0 Å². The van der Waals surface area contributed by atoms with Crippen molar-refractivity contribution < 1.29 is 19.7 Å². The van der Waals surface area contributed by atoms with Crippen molar-refractivity contribution in [2.75, 3.05) is 13.3 Å². The van der Waals surface area contributed by atoms with Crippen molar-refractivity contribution in [3.63, 3.8) is 0 Å². The Morgan fingerprint density at radius 2 is 1.52 bits per heavy atom. The molecule has 0 aliphatic carbocycles. The lowest BCUT2D eigenvalue weighted by Crippen LogP contribution is -2.38. The van der Waals surface area contributed by atoms with Crippen molar-refractivity contribution in [3.8, 4) is 0 Å². The molecule has 0 bridgehead atoms. The largest absolute Gasteiger partial charge is 0.393 e. The molecule has 4 unspecified atom stereocenters. The third kappa shape index (κ3) is 18.7. The average Bonchev–Trinajstić information content (AvgIpc) is 3.06. The van der Waals surface area contributed by atoms with Gasteiger partial charge in [-0.1, -0.05) is 53.4 Å². The summed E-state index contributed by atoms with van der Waals surface area (Å²) in [6.07, 6.45) is 9.49. The van der Waals surface area contributed by atoms with Gasteiger partial charge in [0.25, 0.3) is 0 Å². The van der Waals surface area contributed by atoms with Crippen LogP contribution < -0.4 is 0 Å². The highest BCUT2D eigenvalue weighted by molar-refractivity contribution is 7.39. The Balaban J connectivity index is 0. The Labute approximate surface area is 184 Å². The van der Waals surface area contributed by atoms with Crippen LogP contribution >= 0.6 is 8.58 Å². The van der Waals surface area contributed by atoms with Crippen molar-refractivity contribution in [3.05, 3.63) is 0 Å². The number of rotatable bonds is 10. The summed E-state index contributed by atoms with van der Waals surface area (Å²) in [5, 5.41) is 18.4. The molecule has 1 aliphatic heterocycles. The first-order valence-electron chi connectivity index (χ1n) is 11.7. The lowest BCUT2D eigenvalue weighted by Gasteiger charge is -2.34. The molecule has 1 saturated heterocycles. The Bertz CT molecular complexity index is 360. The predicted octanol–water partition coefficient (Wildman–Crippen LogP) is 6.37. The molecule has 4 nitrogen and oxygen atoms in total. The van der Waals surface area contributed by atoms with Crippen molar-refractivity contribution in [2.45, 2.75) is 137 Å². The van der Waals surface area contributed by atoms with Gasteiger partial charge >= 0.3 is 0 Å². The Morgan fingerprint density at radius 1 is 1.00 bits per heavy atom. The van der Waals surface area contributed by atoms with E-state index in [9.17, 15) is 5.11 Å². The van der Waals surface area contributed by atoms with Crippen molar-refractivity contribution in [2.24, 2.45) is 5.92 Å². The second-order valence-electron chi connectivity index (χ2n) is 9.52. The lowest BCUT2D eigenvalue weighted by molar-refractivity contribution is -0.224. The first-order valence-corrected chi connectivity index (χ1v) is 13.0. The van der Waals surface area contributed by atoms with E-state index in [1.807, 2.05) is 13.8 Å². The maximum atomic E-state index is 9.92. The highest BCUT2D eigenvalue weighted by Gasteiger charge is 2.37. The number of unbranched alkanes of at least 4 members (excludes halogenated alkanes) is 2.